The summed E-state index contributed by atoms with van der Waals surface area (Å²) in [6.07, 6.45) is 6.53. The van der Waals surface area contributed by atoms with Gasteiger partial charge in [-0.05, 0) is 70.5 Å². The highest BCUT2D eigenvalue weighted by molar-refractivity contribution is 5.97. The number of anilines is 1. The van der Waals surface area contributed by atoms with Crippen LogP contribution in [-0.4, -0.2) is 47.8 Å². The number of pyridine rings is 1. The molecule has 2 aromatic rings. The summed E-state index contributed by atoms with van der Waals surface area (Å²) in [6.45, 7) is 7.64. The number of aromatic nitrogens is 1. The van der Waals surface area contributed by atoms with Gasteiger partial charge < -0.3 is 25.0 Å². The number of likely N-dealkylation sites (N-methyl/N-ethyl adjacent to an activating group) is 1. The average Bonchev–Trinajstić information content (AvgIpc) is 3.53. The van der Waals surface area contributed by atoms with Gasteiger partial charge in [0.25, 0.3) is 0 Å². The van der Waals surface area contributed by atoms with Crippen LogP contribution < -0.4 is 20.4 Å². The summed E-state index contributed by atoms with van der Waals surface area (Å²) >= 11 is 0. The second-order valence-corrected chi connectivity index (χ2v) is 9.64. The topological polar surface area (TPSA) is 94.7 Å². The van der Waals surface area contributed by atoms with Gasteiger partial charge in [-0.25, -0.2) is 4.79 Å². The van der Waals surface area contributed by atoms with Gasteiger partial charge in [-0.2, -0.15) is 0 Å². The minimum absolute atomic E-state index is 0.0653. The van der Waals surface area contributed by atoms with E-state index < -0.39 is 11.4 Å². The number of H-pyrrole nitrogens is 1. The maximum atomic E-state index is 13.0. The predicted molar refractivity (Wildman–Crippen MR) is 123 cm³/mol. The van der Waals surface area contributed by atoms with Gasteiger partial charge in [0.2, 0.25) is 5.43 Å². The van der Waals surface area contributed by atoms with Gasteiger partial charge in [-0.3, -0.25) is 4.79 Å². The number of fused-ring (bicyclic) bond motifs is 1. The van der Waals surface area contributed by atoms with Gasteiger partial charge in [-0.1, -0.05) is 6.92 Å². The van der Waals surface area contributed by atoms with E-state index in [4.69, 9.17) is 4.74 Å². The zero-order valence-corrected chi connectivity index (χ0v) is 19.1. The molecule has 1 atom stereocenters. The first kappa shape index (κ1) is 21.7. The Hall–Kier alpha value is -2.54. The number of aromatic carboxylic acids is 1. The van der Waals surface area contributed by atoms with Gasteiger partial charge in [-0.15, -0.1) is 0 Å². The zero-order valence-electron chi connectivity index (χ0n) is 19.1. The Morgan fingerprint density at radius 1 is 1.35 bits per heavy atom. The van der Waals surface area contributed by atoms with Crippen LogP contribution in [0.4, 0.5) is 5.69 Å². The molecule has 0 amide bonds. The second kappa shape index (κ2) is 7.55. The van der Waals surface area contributed by atoms with E-state index in [0.717, 1.165) is 49.9 Å². The van der Waals surface area contributed by atoms with Gasteiger partial charge >= 0.3 is 5.97 Å². The van der Waals surface area contributed by atoms with E-state index in [1.807, 2.05) is 13.1 Å². The van der Waals surface area contributed by atoms with Gasteiger partial charge in [0.15, 0.2) is 5.75 Å². The fourth-order valence-corrected chi connectivity index (χ4v) is 5.54. The lowest BCUT2D eigenvalue weighted by atomic mass is 9.90. The molecule has 1 aliphatic heterocycles. The van der Waals surface area contributed by atoms with Crippen LogP contribution in [0.5, 0.6) is 5.75 Å². The third-order valence-electron chi connectivity index (χ3n) is 7.26. The van der Waals surface area contributed by atoms with Crippen LogP contribution in [-0.2, 0) is 0 Å². The Labute approximate surface area is 182 Å². The standard InChI is InChI=1S/C24H33N3O4/c1-6-24(13-25-4)10-9-23(2,3)27(24)19-15(14-7-8-14)11-16-18(21(19)31-5)26-12-17(20(16)28)22(29)30/h11-12,14,25H,6-10,13H2,1-5H3,(H,26,28)(H,29,30). The molecule has 7 nitrogen and oxygen atoms in total. The molecule has 1 saturated carbocycles. The van der Waals surface area contributed by atoms with Crippen LogP contribution in [0.2, 0.25) is 0 Å². The highest BCUT2D eigenvalue weighted by Crippen LogP contribution is 2.56. The molecule has 1 aromatic carbocycles. The van der Waals surface area contributed by atoms with E-state index in [1.54, 1.807) is 7.11 Å². The molecule has 1 saturated heterocycles. The first-order valence-electron chi connectivity index (χ1n) is 11.1. The number of hydrogen-bond donors (Lipinski definition) is 3. The number of nitrogens with one attached hydrogen (secondary N) is 2. The van der Waals surface area contributed by atoms with Crippen molar-refractivity contribution in [2.45, 2.75) is 69.9 Å². The van der Waals surface area contributed by atoms with Crippen molar-refractivity contribution in [1.82, 2.24) is 10.3 Å². The lowest BCUT2D eigenvalue weighted by Gasteiger charge is -2.47. The molecule has 0 radical (unpaired) electrons. The molecule has 168 valence electrons. The number of carboxylic acid groups (broad SMARTS) is 1. The molecule has 1 aromatic heterocycles. The summed E-state index contributed by atoms with van der Waals surface area (Å²) < 4.78 is 5.97. The molecular formula is C24H33N3O4. The molecule has 1 unspecified atom stereocenters. The van der Waals surface area contributed by atoms with Crippen molar-refractivity contribution >= 4 is 22.6 Å². The van der Waals surface area contributed by atoms with Crippen LogP contribution in [0.15, 0.2) is 17.1 Å². The normalized spacial score (nSPS) is 22.8. The van der Waals surface area contributed by atoms with Crippen LogP contribution in [0.1, 0.15) is 74.7 Å². The smallest absolute Gasteiger partial charge is 0.341 e. The number of rotatable bonds is 7. The lowest BCUT2D eigenvalue weighted by molar-refractivity contribution is 0.0695. The Balaban J connectivity index is 2.08. The Morgan fingerprint density at radius 3 is 2.61 bits per heavy atom. The minimum atomic E-state index is -1.22. The summed E-state index contributed by atoms with van der Waals surface area (Å²) in [4.78, 5) is 30.1. The SMILES string of the molecule is CCC1(CNC)CCC(C)(C)N1c1c(C2CC2)cc2c(=O)c(C(=O)O)c[nH]c2c1OC. The van der Waals surface area contributed by atoms with Crippen LogP contribution in [0.3, 0.4) is 0 Å². The molecule has 2 fully saturated rings. The van der Waals surface area contributed by atoms with Crippen LogP contribution in [0.25, 0.3) is 10.9 Å². The van der Waals surface area contributed by atoms with E-state index in [9.17, 15) is 14.7 Å². The summed E-state index contributed by atoms with van der Waals surface area (Å²) in [6, 6.07) is 1.92. The fourth-order valence-electron chi connectivity index (χ4n) is 5.54. The molecule has 0 spiro atoms. The van der Waals surface area contributed by atoms with E-state index in [2.05, 4.69) is 36.0 Å². The largest absolute Gasteiger partial charge is 0.492 e. The van der Waals surface area contributed by atoms with Crippen molar-refractivity contribution in [3.8, 4) is 5.75 Å². The van der Waals surface area contributed by atoms with Crippen molar-refractivity contribution in [2.24, 2.45) is 0 Å². The van der Waals surface area contributed by atoms with E-state index >= 15 is 0 Å². The van der Waals surface area contributed by atoms with Crippen molar-refractivity contribution in [3.63, 3.8) is 0 Å². The Kier molecular flexibility index (Phi) is 5.28. The highest BCUT2D eigenvalue weighted by atomic mass is 16.5. The predicted octanol–water partition coefficient (Wildman–Crippen LogP) is 3.86. The molecule has 2 aliphatic rings. The van der Waals surface area contributed by atoms with Crippen molar-refractivity contribution in [2.75, 3.05) is 25.6 Å². The first-order chi connectivity index (χ1) is 14.7. The van der Waals surface area contributed by atoms with E-state index in [1.165, 1.54) is 6.20 Å². The van der Waals surface area contributed by atoms with Crippen LogP contribution >= 0.6 is 0 Å². The van der Waals surface area contributed by atoms with Crippen molar-refractivity contribution < 1.29 is 14.6 Å². The summed E-state index contributed by atoms with van der Waals surface area (Å²) in [7, 11) is 3.62. The van der Waals surface area contributed by atoms with Crippen molar-refractivity contribution in [3.05, 3.63) is 33.6 Å². The van der Waals surface area contributed by atoms with Crippen molar-refractivity contribution in [1.29, 1.82) is 0 Å². The minimum Gasteiger partial charge on any atom is -0.492 e. The molecule has 7 heteroatoms. The molecule has 3 N–H and O–H groups in total. The molecule has 0 bridgehead atoms. The quantitative estimate of drug-likeness (QED) is 0.621. The molecule has 1 aliphatic carbocycles. The molecular weight excluding hydrogens is 394 g/mol. The third-order valence-corrected chi connectivity index (χ3v) is 7.26. The monoisotopic (exact) mass is 427 g/mol. The number of nitrogens with zero attached hydrogens (tertiary/aromatic N) is 1. The number of aromatic amines is 1. The molecule has 31 heavy (non-hydrogen) atoms. The Morgan fingerprint density at radius 2 is 2.06 bits per heavy atom. The van der Waals surface area contributed by atoms with Crippen LogP contribution in [0, 0.1) is 0 Å². The van der Waals surface area contributed by atoms with E-state index in [0.29, 0.717) is 22.6 Å². The van der Waals surface area contributed by atoms with Gasteiger partial charge in [0, 0.05) is 18.3 Å². The fraction of sp³-hybridized carbons (Fsp3) is 0.583. The van der Waals surface area contributed by atoms with E-state index in [-0.39, 0.29) is 16.6 Å². The third kappa shape index (κ3) is 3.30. The number of hydrogen-bond acceptors (Lipinski definition) is 5. The molecule has 4 rings (SSSR count). The average molecular weight is 428 g/mol. The molecule has 2 heterocycles. The zero-order chi connectivity index (χ0) is 22.6. The summed E-state index contributed by atoms with van der Waals surface area (Å²) in [5.74, 6) is -0.224. The maximum absolute atomic E-state index is 13.0. The number of carbonyl (C=O) groups is 1. The number of methoxy groups -OCH3 is 1. The maximum Gasteiger partial charge on any atom is 0.341 e. The number of carboxylic acids is 1. The number of benzene rings is 1. The second-order valence-electron chi connectivity index (χ2n) is 9.64. The summed E-state index contributed by atoms with van der Waals surface area (Å²) in [5.41, 5.74) is 1.85. The Bertz CT molecular complexity index is 1090. The van der Waals surface area contributed by atoms with Gasteiger partial charge in [0.1, 0.15) is 5.56 Å². The number of ether oxygens (including phenoxy) is 1. The lowest BCUT2D eigenvalue weighted by Crippen LogP contribution is -2.56. The summed E-state index contributed by atoms with van der Waals surface area (Å²) in [5, 5.41) is 13.2. The van der Waals surface area contributed by atoms with Gasteiger partial charge in [0.05, 0.1) is 29.2 Å². The highest BCUT2D eigenvalue weighted by Gasteiger charge is 2.51. The first-order valence-corrected chi connectivity index (χ1v) is 11.1.